The summed E-state index contributed by atoms with van der Waals surface area (Å²) in [4.78, 5) is 21.7. The van der Waals surface area contributed by atoms with Gasteiger partial charge < -0.3 is 19.1 Å². The molecule has 1 amide bonds. The van der Waals surface area contributed by atoms with E-state index >= 15 is 0 Å². The van der Waals surface area contributed by atoms with Crippen molar-refractivity contribution in [2.75, 3.05) is 52.9 Å². The Morgan fingerprint density at radius 1 is 1.00 bits per heavy atom. The van der Waals surface area contributed by atoms with Crippen molar-refractivity contribution in [2.45, 2.75) is 13.3 Å². The molecule has 0 saturated heterocycles. The van der Waals surface area contributed by atoms with Crippen LogP contribution >= 0.6 is 23.7 Å². The molecule has 0 unspecified atom stereocenters. The molecule has 0 N–H and O–H groups in total. The third-order valence-electron chi connectivity index (χ3n) is 4.80. The lowest BCUT2D eigenvalue weighted by molar-refractivity contribution is -0.120. The number of amides is 1. The largest absolute Gasteiger partial charge is 0.495 e. The smallest absolute Gasteiger partial charge is 0.266 e. The SMILES string of the molecule is COc1ccc(OC)c2sc(N(CCCN(C)C)C(=O)COc3ccc(C)cc3)nc12.Cl. The molecule has 0 aliphatic heterocycles. The zero-order valence-electron chi connectivity index (χ0n) is 19.1. The summed E-state index contributed by atoms with van der Waals surface area (Å²) < 4.78 is 17.5. The molecule has 0 aliphatic rings. The quantitative estimate of drug-likeness (QED) is 0.429. The minimum absolute atomic E-state index is 0. The van der Waals surface area contributed by atoms with Crippen molar-refractivity contribution in [2.24, 2.45) is 0 Å². The molecule has 0 saturated carbocycles. The Morgan fingerprint density at radius 2 is 1.66 bits per heavy atom. The number of halogens is 1. The standard InChI is InChI=1S/C23H29N3O4S.ClH/c1-16-7-9-17(10-8-16)30-15-20(27)26(14-6-13-25(2)3)23-24-21-18(28-4)11-12-19(29-5)22(21)31-23;/h7-12H,6,13-15H2,1-5H3;1H. The van der Waals surface area contributed by atoms with Gasteiger partial charge in [-0.1, -0.05) is 29.0 Å². The van der Waals surface area contributed by atoms with E-state index in [1.807, 2.05) is 57.4 Å². The summed E-state index contributed by atoms with van der Waals surface area (Å²) in [5, 5.41) is 0.606. The molecule has 0 radical (unpaired) electrons. The van der Waals surface area contributed by atoms with Crippen molar-refractivity contribution >= 4 is 45.0 Å². The zero-order valence-corrected chi connectivity index (χ0v) is 20.7. The fourth-order valence-electron chi connectivity index (χ4n) is 3.12. The number of hydrogen-bond donors (Lipinski definition) is 0. The molecule has 0 bridgehead atoms. The lowest BCUT2D eigenvalue weighted by atomic mass is 10.2. The van der Waals surface area contributed by atoms with Crippen molar-refractivity contribution in [3.63, 3.8) is 0 Å². The van der Waals surface area contributed by atoms with Crippen molar-refractivity contribution in [1.29, 1.82) is 0 Å². The monoisotopic (exact) mass is 479 g/mol. The van der Waals surface area contributed by atoms with E-state index in [-0.39, 0.29) is 24.9 Å². The first-order valence-corrected chi connectivity index (χ1v) is 10.9. The number of thiazole rings is 1. The van der Waals surface area contributed by atoms with Crippen LogP contribution in [0.5, 0.6) is 17.2 Å². The third-order valence-corrected chi connectivity index (χ3v) is 5.89. The highest BCUT2D eigenvalue weighted by Crippen LogP contribution is 2.40. The summed E-state index contributed by atoms with van der Waals surface area (Å²) in [7, 11) is 7.26. The summed E-state index contributed by atoms with van der Waals surface area (Å²) in [5.41, 5.74) is 1.83. The van der Waals surface area contributed by atoms with Gasteiger partial charge in [-0.15, -0.1) is 12.4 Å². The van der Waals surface area contributed by atoms with E-state index < -0.39 is 0 Å². The molecular formula is C23H30ClN3O4S. The van der Waals surface area contributed by atoms with Gasteiger partial charge in [0, 0.05) is 6.54 Å². The number of fused-ring (bicyclic) bond motifs is 1. The molecule has 7 nitrogen and oxygen atoms in total. The third kappa shape index (κ3) is 6.25. The van der Waals surface area contributed by atoms with Gasteiger partial charge in [0.2, 0.25) is 0 Å². The van der Waals surface area contributed by atoms with Gasteiger partial charge in [0.15, 0.2) is 11.7 Å². The molecule has 0 atom stereocenters. The van der Waals surface area contributed by atoms with Crippen LogP contribution in [0.3, 0.4) is 0 Å². The van der Waals surface area contributed by atoms with E-state index in [1.165, 1.54) is 11.3 Å². The second kappa shape index (κ2) is 11.9. The van der Waals surface area contributed by atoms with Crippen LogP contribution in [0.25, 0.3) is 10.2 Å². The lowest BCUT2D eigenvalue weighted by Gasteiger charge is -2.21. The number of rotatable bonds is 10. The Labute approximate surface area is 199 Å². The maximum atomic E-state index is 13.1. The maximum Gasteiger partial charge on any atom is 0.266 e. The Morgan fingerprint density at radius 3 is 2.28 bits per heavy atom. The lowest BCUT2D eigenvalue weighted by Crippen LogP contribution is -2.36. The van der Waals surface area contributed by atoms with Gasteiger partial charge in [-0.25, -0.2) is 4.98 Å². The van der Waals surface area contributed by atoms with Crippen LogP contribution in [-0.2, 0) is 4.79 Å². The first-order chi connectivity index (χ1) is 14.9. The predicted octanol–water partition coefficient (Wildman–Crippen LogP) is 4.41. The topological polar surface area (TPSA) is 64.1 Å². The van der Waals surface area contributed by atoms with E-state index in [9.17, 15) is 4.79 Å². The second-order valence-electron chi connectivity index (χ2n) is 7.45. The van der Waals surface area contributed by atoms with Crippen LogP contribution in [0.4, 0.5) is 5.13 Å². The Balaban J connectivity index is 0.00000363. The number of aryl methyl sites for hydroxylation is 1. The van der Waals surface area contributed by atoms with Crippen molar-refractivity contribution in [3.05, 3.63) is 42.0 Å². The zero-order chi connectivity index (χ0) is 22.4. The van der Waals surface area contributed by atoms with Gasteiger partial charge in [-0.2, -0.15) is 0 Å². The minimum Gasteiger partial charge on any atom is -0.495 e. The number of benzene rings is 2. The van der Waals surface area contributed by atoms with Crippen LogP contribution < -0.4 is 19.1 Å². The molecule has 2 aromatic carbocycles. The Bertz CT molecular complexity index is 983. The van der Waals surface area contributed by atoms with Crippen molar-refractivity contribution in [1.82, 2.24) is 9.88 Å². The number of aromatic nitrogens is 1. The van der Waals surface area contributed by atoms with Crippen LogP contribution in [-0.4, -0.2) is 63.8 Å². The maximum absolute atomic E-state index is 13.1. The minimum atomic E-state index is -0.142. The fourth-order valence-corrected chi connectivity index (χ4v) is 4.24. The molecule has 0 spiro atoms. The Kier molecular flexibility index (Phi) is 9.56. The van der Waals surface area contributed by atoms with E-state index in [0.29, 0.717) is 34.4 Å². The van der Waals surface area contributed by atoms with Gasteiger partial charge in [0.25, 0.3) is 5.91 Å². The van der Waals surface area contributed by atoms with Crippen molar-refractivity contribution in [3.8, 4) is 17.2 Å². The molecule has 3 rings (SSSR count). The molecule has 174 valence electrons. The number of anilines is 1. The van der Waals surface area contributed by atoms with E-state index in [0.717, 1.165) is 23.2 Å². The van der Waals surface area contributed by atoms with E-state index in [4.69, 9.17) is 19.2 Å². The fraction of sp³-hybridized carbons (Fsp3) is 0.391. The molecule has 32 heavy (non-hydrogen) atoms. The number of methoxy groups -OCH3 is 2. The second-order valence-corrected chi connectivity index (χ2v) is 8.43. The number of hydrogen-bond acceptors (Lipinski definition) is 7. The van der Waals surface area contributed by atoms with Crippen LogP contribution in [0.2, 0.25) is 0 Å². The van der Waals surface area contributed by atoms with E-state index in [2.05, 4.69) is 4.90 Å². The summed E-state index contributed by atoms with van der Waals surface area (Å²) >= 11 is 1.42. The highest BCUT2D eigenvalue weighted by molar-refractivity contribution is 7.22. The van der Waals surface area contributed by atoms with Crippen LogP contribution in [0, 0.1) is 6.92 Å². The van der Waals surface area contributed by atoms with Gasteiger partial charge in [0.1, 0.15) is 27.5 Å². The molecule has 1 heterocycles. The average molecular weight is 480 g/mol. The first-order valence-electron chi connectivity index (χ1n) is 10.1. The summed E-state index contributed by atoms with van der Waals surface area (Å²) in [6.45, 7) is 3.35. The number of carbonyl (C=O) groups is 1. The Hall–Kier alpha value is -2.55. The average Bonchev–Trinajstić information content (AvgIpc) is 3.20. The predicted molar refractivity (Wildman–Crippen MR) is 132 cm³/mol. The molecule has 3 aromatic rings. The number of ether oxygens (including phenoxy) is 3. The summed E-state index contributed by atoms with van der Waals surface area (Å²) in [6, 6.07) is 11.3. The van der Waals surface area contributed by atoms with Gasteiger partial charge in [-0.3, -0.25) is 9.69 Å². The summed E-state index contributed by atoms with van der Waals surface area (Å²) in [5.74, 6) is 1.88. The highest BCUT2D eigenvalue weighted by atomic mass is 35.5. The molecular weight excluding hydrogens is 450 g/mol. The van der Waals surface area contributed by atoms with Gasteiger partial charge >= 0.3 is 0 Å². The number of nitrogens with zero attached hydrogens (tertiary/aromatic N) is 3. The van der Waals surface area contributed by atoms with Gasteiger partial charge in [0.05, 0.1) is 14.2 Å². The van der Waals surface area contributed by atoms with Crippen molar-refractivity contribution < 1.29 is 19.0 Å². The highest BCUT2D eigenvalue weighted by Gasteiger charge is 2.23. The van der Waals surface area contributed by atoms with E-state index in [1.54, 1.807) is 19.1 Å². The van der Waals surface area contributed by atoms with Crippen LogP contribution in [0.1, 0.15) is 12.0 Å². The molecule has 1 aromatic heterocycles. The normalized spacial score (nSPS) is 10.7. The van der Waals surface area contributed by atoms with Crippen LogP contribution in [0.15, 0.2) is 36.4 Å². The number of carbonyl (C=O) groups excluding carboxylic acids is 1. The molecule has 0 fully saturated rings. The summed E-state index contributed by atoms with van der Waals surface area (Å²) in [6.07, 6.45) is 0.813. The van der Waals surface area contributed by atoms with Gasteiger partial charge in [-0.05, 0) is 58.3 Å². The molecule has 0 aliphatic carbocycles. The molecule has 9 heteroatoms. The first kappa shape index (κ1) is 25.7.